The monoisotopic (exact) mass is 192 g/mol. The van der Waals surface area contributed by atoms with Crippen LogP contribution in [0.2, 0.25) is 0 Å². The van der Waals surface area contributed by atoms with Crippen LogP contribution in [0.5, 0.6) is 0 Å². The van der Waals surface area contributed by atoms with Crippen molar-refractivity contribution in [1.82, 2.24) is 4.98 Å². The van der Waals surface area contributed by atoms with Gasteiger partial charge in [0.25, 0.3) is 0 Å². The first-order valence-corrected chi connectivity index (χ1v) is 4.54. The number of nitrogens with zero attached hydrogens (tertiary/aromatic N) is 2. The largest absolute Gasteiger partial charge is 0.478 e. The summed E-state index contributed by atoms with van der Waals surface area (Å²) >= 11 is 0. The molecule has 1 aromatic heterocycles. The van der Waals surface area contributed by atoms with Gasteiger partial charge in [-0.15, -0.1) is 0 Å². The molecule has 0 fully saturated rings. The number of rotatable bonds is 1. The smallest absolute Gasteiger partial charge is 0.337 e. The summed E-state index contributed by atoms with van der Waals surface area (Å²) in [6.45, 7) is 2.66. The van der Waals surface area contributed by atoms with Gasteiger partial charge in [-0.3, -0.25) is 4.98 Å². The zero-order valence-corrected chi connectivity index (χ0v) is 8.24. The molecule has 0 spiro atoms. The quantitative estimate of drug-likeness (QED) is 0.723. The summed E-state index contributed by atoms with van der Waals surface area (Å²) in [6, 6.07) is 1.72. The lowest BCUT2D eigenvalue weighted by molar-refractivity contribution is 0.0695. The fourth-order valence-corrected chi connectivity index (χ4v) is 1.77. The molecule has 0 saturated heterocycles. The summed E-state index contributed by atoms with van der Waals surface area (Å²) in [5, 5.41) is 8.92. The molecular weight excluding hydrogens is 180 g/mol. The highest BCUT2D eigenvalue weighted by Gasteiger charge is 2.20. The molecule has 0 saturated carbocycles. The Morgan fingerprint density at radius 1 is 1.64 bits per heavy atom. The fraction of sp³-hybridized carbons (Fsp3) is 0.400. The first-order valence-electron chi connectivity index (χ1n) is 4.54. The van der Waals surface area contributed by atoms with Crippen molar-refractivity contribution in [3.63, 3.8) is 0 Å². The molecule has 0 aromatic carbocycles. The Morgan fingerprint density at radius 2 is 2.36 bits per heavy atom. The molecule has 0 atom stereocenters. The zero-order chi connectivity index (χ0) is 10.3. The summed E-state index contributed by atoms with van der Waals surface area (Å²) in [6.07, 6.45) is 0.909. The topological polar surface area (TPSA) is 53.4 Å². The van der Waals surface area contributed by atoms with Crippen LogP contribution >= 0.6 is 0 Å². The molecule has 0 aliphatic carbocycles. The molecule has 2 rings (SSSR count). The molecule has 1 aliphatic rings. The summed E-state index contributed by atoms with van der Waals surface area (Å²) in [5.41, 5.74) is 2.87. The third-order valence-electron chi connectivity index (χ3n) is 2.59. The Kier molecular flexibility index (Phi) is 1.91. The van der Waals surface area contributed by atoms with E-state index in [4.69, 9.17) is 5.11 Å². The average molecular weight is 192 g/mol. The Bertz CT molecular complexity index is 401. The lowest BCUT2D eigenvalue weighted by Crippen LogP contribution is -2.13. The second-order valence-electron chi connectivity index (χ2n) is 3.56. The normalized spacial score (nSPS) is 14.3. The van der Waals surface area contributed by atoms with Gasteiger partial charge in [-0.2, -0.15) is 0 Å². The molecule has 0 unspecified atom stereocenters. The van der Waals surface area contributed by atoms with Crippen molar-refractivity contribution in [2.75, 3.05) is 18.5 Å². The van der Waals surface area contributed by atoms with Gasteiger partial charge in [0.05, 0.1) is 22.6 Å². The second-order valence-corrected chi connectivity index (χ2v) is 3.56. The lowest BCUT2D eigenvalue weighted by Gasteiger charge is -2.12. The highest BCUT2D eigenvalue weighted by Crippen LogP contribution is 2.27. The number of carboxylic acids is 1. The van der Waals surface area contributed by atoms with E-state index in [1.807, 2.05) is 11.9 Å². The van der Waals surface area contributed by atoms with Crippen molar-refractivity contribution in [2.24, 2.45) is 0 Å². The number of carboxylic acid groups (broad SMARTS) is 1. The second kappa shape index (κ2) is 2.97. The van der Waals surface area contributed by atoms with Crippen LogP contribution in [0.3, 0.4) is 0 Å². The van der Waals surface area contributed by atoms with Gasteiger partial charge in [-0.1, -0.05) is 0 Å². The molecule has 1 N–H and O–H groups in total. The number of anilines is 1. The van der Waals surface area contributed by atoms with Gasteiger partial charge in [0.15, 0.2) is 0 Å². The molecular formula is C10H12N2O2. The van der Waals surface area contributed by atoms with E-state index >= 15 is 0 Å². The number of hydrogen-bond donors (Lipinski definition) is 1. The maximum atomic E-state index is 10.9. The first-order chi connectivity index (χ1) is 6.59. The van der Waals surface area contributed by atoms with E-state index in [2.05, 4.69) is 4.98 Å². The Balaban J connectivity index is 2.57. The molecule has 0 radical (unpaired) electrons. The van der Waals surface area contributed by atoms with Crippen LogP contribution in [-0.4, -0.2) is 29.7 Å². The summed E-state index contributed by atoms with van der Waals surface area (Å²) in [5.74, 6) is -0.905. The number of fused-ring (bicyclic) bond motifs is 1. The number of likely N-dealkylation sites (N-methyl/N-ethyl adjacent to an activating group) is 1. The number of pyridine rings is 1. The van der Waals surface area contributed by atoms with Crippen molar-refractivity contribution in [3.8, 4) is 0 Å². The fourth-order valence-electron chi connectivity index (χ4n) is 1.77. The Morgan fingerprint density at radius 3 is 3.00 bits per heavy atom. The van der Waals surface area contributed by atoms with Crippen molar-refractivity contribution in [1.29, 1.82) is 0 Å². The van der Waals surface area contributed by atoms with Crippen LogP contribution < -0.4 is 4.90 Å². The number of aromatic carboxylic acids is 1. The van der Waals surface area contributed by atoms with Crippen LogP contribution in [0.15, 0.2) is 6.07 Å². The third kappa shape index (κ3) is 1.23. The molecule has 0 bridgehead atoms. The minimum absolute atomic E-state index is 0.303. The molecule has 1 aromatic rings. The lowest BCUT2D eigenvalue weighted by atomic mass is 10.1. The van der Waals surface area contributed by atoms with Gasteiger partial charge in [0, 0.05) is 20.0 Å². The van der Waals surface area contributed by atoms with E-state index in [1.165, 1.54) is 0 Å². The molecule has 0 amide bonds. The Hall–Kier alpha value is -1.58. The van der Waals surface area contributed by atoms with Crippen LogP contribution in [0.4, 0.5) is 5.69 Å². The Labute approximate surface area is 82.2 Å². The molecule has 4 nitrogen and oxygen atoms in total. The van der Waals surface area contributed by atoms with Gasteiger partial charge in [0.2, 0.25) is 0 Å². The SMILES string of the molecule is Cc1nc2c(cc1C(=O)O)N(C)CC2. The number of carbonyl (C=O) groups is 1. The van der Waals surface area contributed by atoms with E-state index in [0.29, 0.717) is 11.3 Å². The number of aromatic nitrogens is 1. The van der Waals surface area contributed by atoms with Crippen molar-refractivity contribution >= 4 is 11.7 Å². The maximum absolute atomic E-state index is 10.9. The molecule has 4 heteroatoms. The van der Waals surface area contributed by atoms with E-state index in [9.17, 15) is 4.79 Å². The molecule has 1 aliphatic heterocycles. The van der Waals surface area contributed by atoms with Gasteiger partial charge in [-0.25, -0.2) is 4.79 Å². The third-order valence-corrected chi connectivity index (χ3v) is 2.59. The van der Waals surface area contributed by atoms with Crippen molar-refractivity contribution in [2.45, 2.75) is 13.3 Å². The molecule has 2 heterocycles. The number of hydrogen-bond acceptors (Lipinski definition) is 3. The highest BCUT2D eigenvalue weighted by molar-refractivity contribution is 5.90. The highest BCUT2D eigenvalue weighted by atomic mass is 16.4. The predicted octanol–water partition coefficient (Wildman–Crippen LogP) is 1.08. The number of aryl methyl sites for hydroxylation is 1. The standard InChI is InChI=1S/C10H12N2O2/c1-6-7(10(13)14)5-9-8(11-6)3-4-12(9)2/h5H,3-4H2,1-2H3,(H,13,14). The minimum atomic E-state index is -0.905. The van der Waals surface area contributed by atoms with E-state index < -0.39 is 5.97 Å². The van der Waals surface area contributed by atoms with Gasteiger partial charge in [-0.05, 0) is 13.0 Å². The van der Waals surface area contributed by atoms with Gasteiger partial charge in [0.1, 0.15) is 0 Å². The van der Waals surface area contributed by atoms with Gasteiger partial charge < -0.3 is 10.0 Å². The van der Waals surface area contributed by atoms with Crippen LogP contribution in [0.1, 0.15) is 21.7 Å². The van der Waals surface area contributed by atoms with Crippen molar-refractivity contribution < 1.29 is 9.90 Å². The first kappa shape index (κ1) is 8.99. The van der Waals surface area contributed by atoms with Crippen LogP contribution in [-0.2, 0) is 6.42 Å². The maximum Gasteiger partial charge on any atom is 0.337 e. The van der Waals surface area contributed by atoms with Crippen LogP contribution in [0, 0.1) is 6.92 Å². The predicted molar refractivity (Wildman–Crippen MR) is 52.9 cm³/mol. The molecule has 14 heavy (non-hydrogen) atoms. The van der Waals surface area contributed by atoms with Crippen LogP contribution in [0.25, 0.3) is 0 Å². The summed E-state index contributed by atoms with van der Waals surface area (Å²) < 4.78 is 0. The minimum Gasteiger partial charge on any atom is -0.478 e. The van der Waals surface area contributed by atoms with E-state index in [0.717, 1.165) is 24.3 Å². The van der Waals surface area contributed by atoms with E-state index in [1.54, 1.807) is 13.0 Å². The van der Waals surface area contributed by atoms with Crippen molar-refractivity contribution in [3.05, 3.63) is 23.0 Å². The van der Waals surface area contributed by atoms with Gasteiger partial charge >= 0.3 is 5.97 Å². The summed E-state index contributed by atoms with van der Waals surface area (Å²) in [7, 11) is 1.95. The van der Waals surface area contributed by atoms with E-state index in [-0.39, 0.29) is 0 Å². The average Bonchev–Trinajstić information content (AvgIpc) is 2.46. The summed E-state index contributed by atoms with van der Waals surface area (Å²) in [4.78, 5) is 17.2. The zero-order valence-electron chi connectivity index (χ0n) is 8.24. The molecule has 74 valence electrons.